The van der Waals surface area contributed by atoms with Crippen LogP contribution in [0.2, 0.25) is 0 Å². The summed E-state index contributed by atoms with van der Waals surface area (Å²) in [4.78, 5) is 10.8. The number of para-hydroxylation sites is 1. The fraction of sp³-hybridized carbons (Fsp3) is 0.303. The van der Waals surface area contributed by atoms with Crippen molar-refractivity contribution in [1.82, 2.24) is 14.5 Å². The molecule has 0 saturated carbocycles. The maximum Gasteiger partial charge on any atom is 0.149 e. The largest absolute Gasteiger partial charge is 0.507 e. The molecule has 0 radical (unpaired) electrons. The molecule has 0 bridgehead atoms. The molecule has 2 heterocycles. The van der Waals surface area contributed by atoms with Gasteiger partial charge in [0.15, 0.2) is 0 Å². The highest BCUT2D eigenvalue weighted by molar-refractivity contribution is 5.98. The smallest absolute Gasteiger partial charge is 0.149 e. The molecule has 1 N–H and O–H groups in total. The van der Waals surface area contributed by atoms with E-state index in [4.69, 9.17) is 9.97 Å². The standard InChI is InChI=1S/C66H71N3O/c1-41(2)47-36-53(42(3)4)62(70)56(37-47)63-68-61-52(48-33-49(35-51(34-48)65(8,9)10)58-38-46(31-32-67-58)43-27-29-50(30-28-43)64(5,6)7)25-20-26-59(61)69(63)60-40-54(44-21-16-14-17-22-44)57(66(11,12)13)39-55(60)45-23-18-15-19-24-45/h14-21,23-42,44,70H,22H2,1-13H3. The number of pyridine rings is 1. The molecule has 0 spiro atoms. The molecule has 356 valence electrons. The Morgan fingerprint density at radius 3 is 1.93 bits per heavy atom. The van der Waals surface area contributed by atoms with Gasteiger partial charge >= 0.3 is 0 Å². The van der Waals surface area contributed by atoms with Gasteiger partial charge in [0, 0.05) is 28.8 Å². The van der Waals surface area contributed by atoms with Crippen molar-refractivity contribution in [2.45, 2.75) is 130 Å². The van der Waals surface area contributed by atoms with E-state index in [0.717, 1.165) is 73.3 Å². The lowest BCUT2D eigenvalue weighted by atomic mass is 9.76. The van der Waals surface area contributed by atoms with Crippen molar-refractivity contribution in [3.63, 3.8) is 0 Å². The summed E-state index contributed by atoms with van der Waals surface area (Å²) in [5.41, 5.74) is 19.3. The molecule has 6 aromatic carbocycles. The van der Waals surface area contributed by atoms with Crippen LogP contribution in [0.1, 0.15) is 148 Å². The number of aromatic hydroxyl groups is 1. The number of phenolic OH excluding ortho intramolecular Hbond substituents is 1. The van der Waals surface area contributed by atoms with Crippen molar-refractivity contribution in [3.8, 4) is 67.5 Å². The molecule has 2 aromatic heterocycles. The van der Waals surface area contributed by atoms with E-state index in [2.05, 4.69) is 246 Å². The third-order valence-corrected chi connectivity index (χ3v) is 14.3. The van der Waals surface area contributed by atoms with Gasteiger partial charge in [-0.1, -0.05) is 193 Å². The molecule has 8 aromatic rings. The van der Waals surface area contributed by atoms with E-state index in [-0.39, 0.29) is 39.7 Å². The molecule has 1 atom stereocenters. The van der Waals surface area contributed by atoms with E-state index in [0.29, 0.717) is 5.82 Å². The van der Waals surface area contributed by atoms with Crippen LogP contribution in [0.3, 0.4) is 0 Å². The fourth-order valence-electron chi connectivity index (χ4n) is 10.1. The van der Waals surface area contributed by atoms with Crippen LogP contribution in [0.15, 0.2) is 158 Å². The molecule has 1 aliphatic carbocycles. The third kappa shape index (κ3) is 9.46. The first kappa shape index (κ1) is 48.3. The highest BCUT2D eigenvalue weighted by atomic mass is 16.3. The van der Waals surface area contributed by atoms with Gasteiger partial charge in [0.1, 0.15) is 11.6 Å². The van der Waals surface area contributed by atoms with Crippen LogP contribution in [0, 0.1) is 0 Å². The summed E-state index contributed by atoms with van der Waals surface area (Å²) in [5.74, 6) is 1.54. The van der Waals surface area contributed by atoms with E-state index in [1.165, 1.54) is 33.4 Å². The van der Waals surface area contributed by atoms with Crippen LogP contribution in [-0.2, 0) is 16.2 Å². The van der Waals surface area contributed by atoms with Crippen molar-refractivity contribution in [3.05, 3.63) is 191 Å². The lowest BCUT2D eigenvalue weighted by molar-refractivity contribution is 0.466. The monoisotopic (exact) mass is 922 g/mol. The van der Waals surface area contributed by atoms with E-state index in [1.807, 2.05) is 6.20 Å². The number of rotatable bonds is 9. The zero-order chi connectivity index (χ0) is 49.9. The van der Waals surface area contributed by atoms with Crippen LogP contribution >= 0.6 is 0 Å². The van der Waals surface area contributed by atoms with Gasteiger partial charge in [0.2, 0.25) is 0 Å². The Labute approximate surface area is 417 Å². The van der Waals surface area contributed by atoms with Crippen molar-refractivity contribution in [2.24, 2.45) is 0 Å². The molecular weight excluding hydrogens is 851 g/mol. The zero-order valence-corrected chi connectivity index (χ0v) is 43.7. The van der Waals surface area contributed by atoms with Gasteiger partial charge in [-0.15, -0.1) is 0 Å². The number of hydrogen-bond donors (Lipinski definition) is 1. The normalized spacial score (nSPS) is 14.4. The number of benzene rings is 6. The number of imidazole rings is 1. The van der Waals surface area contributed by atoms with Crippen molar-refractivity contribution in [1.29, 1.82) is 0 Å². The first-order chi connectivity index (χ1) is 33.2. The SMILES string of the molecule is CC(C)c1cc(-c2nc3c(-c4cc(-c5cc(-c6ccc(C(C)(C)C)cc6)ccn5)cc(C(C)(C)C)c4)cccc3n2-c2cc(C3C=CC=CC3)c(C(C)(C)C)cc2-c2ccccc2)c(O)c(C(C)C)c1. The number of phenols is 1. The topological polar surface area (TPSA) is 50.9 Å². The summed E-state index contributed by atoms with van der Waals surface area (Å²) in [5, 5.41) is 12.6. The van der Waals surface area contributed by atoms with Crippen molar-refractivity contribution < 1.29 is 5.11 Å². The summed E-state index contributed by atoms with van der Waals surface area (Å²) >= 11 is 0. The Bertz CT molecular complexity index is 3290. The number of fused-ring (bicyclic) bond motifs is 1. The first-order valence-corrected chi connectivity index (χ1v) is 25.4. The molecule has 0 aliphatic heterocycles. The van der Waals surface area contributed by atoms with E-state index in [9.17, 15) is 5.11 Å². The van der Waals surface area contributed by atoms with E-state index >= 15 is 0 Å². The Hall–Kier alpha value is -6.78. The predicted molar refractivity (Wildman–Crippen MR) is 298 cm³/mol. The average Bonchev–Trinajstić information content (AvgIpc) is 3.72. The highest BCUT2D eigenvalue weighted by Crippen LogP contribution is 2.47. The average molecular weight is 922 g/mol. The van der Waals surface area contributed by atoms with Crippen LogP contribution in [0.4, 0.5) is 0 Å². The van der Waals surface area contributed by atoms with Gasteiger partial charge in [-0.05, 0) is 139 Å². The Morgan fingerprint density at radius 2 is 1.29 bits per heavy atom. The number of nitrogens with zero attached hydrogens (tertiary/aromatic N) is 3. The molecule has 0 fully saturated rings. The Morgan fingerprint density at radius 1 is 0.571 bits per heavy atom. The molecule has 0 saturated heterocycles. The lowest BCUT2D eigenvalue weighted by Crippen LogP contribution is -2.17. The third-order valence-electron chi connectivity index (χ3n) is 14.3. The summed E-state index contributed by atoms with van der Waals surface area (Å²) in [6.45, 7) is 29.4. The maximum absolute atomic E-state index is 12.6. The molecule has 4 nitrogen and oxygen atoms in total. The second kappa shape index (κ2) is 18.5. The second-order valence-corrected chi connectivity index (χ2v) is 23.3. The minimum absolute atomic E-state index is 0.0784. The van der Waals surface area contributed by atoms with Gasteiger partial charge in [-0.3, -0.25) is 9.55 Å². The highest BCUT2D eigenvalue weighted by Gasteiger charge is 2.30. The molecular formula is C66H71N3O. The van der Waals surface area contributed by atoms with Crippen LogP contribution in [0.25, 0.3) is 72.7 Å². The maximum atomic E-state index is 12.6. The summed E-state index contributed by atoms with van der Waals surface area (Å²) < 4.78 is 2.35. The van der Waals surface area contributed by atoms with Crippen molar-refractivity contribution in [2.75, 3.05) is 0 Å². The van der Waals surface area contributed by atoms with Gasteiger partial charge in [-0.2, -0.15) is 0 Å². The molecule has 4 heteroatoms. The van der Waals surface area contributed by atoms with Gasteiger partial charge in [0.05, 0.1) is 28.0 Å². The molecule has 0 amide bonds. The number of allylic oxidation sites excluding steroid dienone is 4. The van der Waals surface area contributed by atoms with Gasteiger partial charge < -0.3 is 5.11 Å². The Kier molecular flexibility index (Phi) is 12.8. The van der Waals surface area contributed by atoms with Crippen LogP contribution in [-0.4, -0.2) is 19.6 Å². The van der Waals surface area contributed by atoms with Gasteiger partial charge in [0.25, 0.3) is 0 Å². The number of aromatic nitrogens is 3. The van der Waals surface area contributed by atoms with E-state index in [1.54, 1.807) is 0 Å². The fourth-order valence-corrected chi connectivity index (χ4v) is 10.1. The molecule has 1 aliphatic rings. The minimum Gasteiger partial charge on any atom is -0.507 e. The summed E-state index contributed by atoms with van der Waals surface area (Å²) in [6.07, 6.45) is 11.8. The van der Waals surface area contributed by atoms with E-state index < -0.39 is 0 Å². The Balaban J connectivity index is 1.35. The van der Waals surface area contributed by atoms with Crippen LogP contribution < -0.4 is 0 Å². The molecule has 9 rings (SSSR count). The quantitative estimate of drug-likeness (QED) is 0.157. The molecule has 70 heavy (non-hydrogen) atoms. The zero-order valence-electron chi connectivity index (χ0n) is 43.7. The number of hydrogen-bond acceptors (Lipinski definition) is 3. The van der Waals surface area contributed by atoms with Gasteiger partial charge in [-0.25, -0.2) is 4.98 Å². The van der Waals surface area contributed by atoms with Crippen molar-refractivity contribution >= 4 is 11.0 Å². The second-order valence-electron chi connectivity index (χ2n) is 23.3. The molecule has 1 unspecified atom stereocenters. The summed E-state index contributed by atoms with van der Waals surface area (Å²) in [6, 6.07) is 46.9. The minimum atomic E-state index is -0.154. The first-order valence-electron chi connectivity index (χ1n) is 25.4. The summed E-state index contributed by atoms with van der Waals surface area (Å²) in [7, 11) is 0. The van der Waals surface area contributed by atoms with Crippen LogP contribution in [0.5, 0.6) is 5.75 Å². The lowest BCUT2D eigenvalue weighted by Gasteiger charge is -2.30. The predicted octanol–water partition coefficient (Wildman–Crippen LogP) is 18.2.